The van der Waals surface area contributed by atoms with Crippen molar-refractivity contribution in [1.29, 1.82) is 5.26 Å². The lowest BCUT2D eigenvalue weighted by Gasteiger charge is -2.14. The Bertz CT molecular complexity index is 535. The minimum absolute atomic E-state index is 0.0439. The molecule has 0 bridgehead atoms. The van der Waals surface area contributed by atoms with Crippen LogP contribution >= 0.6 is 15.9 Å². The number of ether oxygens (including phenoxy) is 1. The number of halogens is 4. The standard InChI is InChI=1S/C12H9BrF3NO2/c1-2-19-11(18)7-3-8(6-17)9(5-13)10(4-7)12(14,15)16/h3-4H,2,5H2,1H3. The van der Waals surface area contributed by atoms with Crippen LogP contribution in [0.25, 0.3) is 0 Å². The maximum Gasteiger partial charge on any atom is 0.416 e. The van der Waals surface area contributed by atoms with Gasteiger partial charge in [-0.25, -0.2) is 4.79 Å². The van der Waals surface area contributed by atoms with E-state index in [9.17, 15) is 18.0 Å². The first-order valence-electron chi connectivity index (χ1n) is 5.22. The monoisotopic (exact) mass is 335 g/mol. The van der Waals surface area contributed by atoms with Gasteiger partial charge in [0, 0.05) is 5.33 Å². The fourth-order valence-electron chi connectivity index (χ4n) is 1.50. The van der Waals surface area contributed by atoms with E-state index < -0.39 is 17.7 Å². The molecule has 0 atom stereocenters. The lowest BCUT2D eigenvalue weighted by Crippen LogP contribution is -2.14. The Morgan fingerprint density at radius 2 is 2.11 bits per heavy atom. The molecule has 0 N–H and O–H groups in total. The van der Waals surface area contributed by atoms with Crippen LogP contribution in [0.2, 0.25) is 0 Å². The van der Waals surface area contributed by atoms with Crippen LogP contribution in [0.4, 0.5) is 13.2 Å². The highest BCUT2D eigenvalue weighted by Gasteiger charge is 2.35. The van der Waals surface area contributed by atoms with Gasteiger partial charge in [-0.2, -0.15) is 18.4 Å². The van der Waals surface area contributed by atoms with Gasteiger partial charge in [-0.1, -0.05) is 15.9 Å². The third-order valence-corrected chi connectivity index (χ3v) is 2.88. The van der Waals surface area contributed by atoms with Gasteiger partial charge in [-0.15, -0.1) is 0 Å². The van der Waals surface area contributed by atoms with Crippen molar-refractivity contribution >= 4 is 21.9 Å². The highest BCUT2D eigenvalue weighted by molar-refractivity contribution is 9.08. The minimum atomic E-state index is -4.64. The molecule has 0 aromatic heterocycles. The van der Waals surface area contributed by atoms with Gasteiger partial charge in [0.25, 0.3) is 0 Å². The van der Waals surface area contributed by atoms with Crippen molar-refractivity contribution in [2.45, 2.75) is 18.4 Å². The van der Waals surface area contributed by atoms with Crippen LogP contribution in [0.3, 0.4) is 0 Å². The van der Waals surface area contributed by atoms with E-state index in [1.807, 2.05) is 0 Å². The topological polar surface area (TPSA) is 50.1 Å². The van der Waals surface area contributed by atoms with Crippen molar-refractivity contribution in [3.8, 4) is 6.07 Å². The average Bonchev–Trinajstić information content (AvgIpc) is 2.36. The van der Waals surface area contributed by atoms with Crippen LogP contribution in [-0.4, -0.2) is 12.6 Å². The second-order valence-electron chi connectivity index (χ2n) is 3.51. The Hall–Kier alpha value is -1.55. The van der Waals surface area contributed by atoms with Gasteiger partial charge in [0.05, 0.1) is 29.4 Å². The number of nitriles is 1. The zero-order valence-electron chi connectivity index (χ0n) is 9.84. The van der Waals surface area contributed by atoms with Crippen LogP contribution in [0.5, 0.6) is 0 Å². The fraction of sp³-hybridized carbons (Fsp3) is 0.333. The predicted molar refractivity (Wildman–Crippen MR) is 64.7 cm³/mol. The number of hydrogen-bond acceptors (Lipinski definition) is 3. The molecule has 0 radical (unpaired) electrons. The number of benzene rings is 1. The van der Waals surface area contributed by atoms with Crippen LogP contribution in [-0.2, 0) is 16.2 Å². The molecule has 0 spiro atoms. The van der Waals surface area contributed by atoms with Crippen molar-refractivity contribution in [2.24, 2.45) is 0 Å². The largest absolute Gasteiger partial charge is 0.462 e. The van der Waals surface area contributed by atoms with Crippen molar-refractivity contribution in [3.63, 3.8) is 0 Å². The highest BCUT2D eigenvalue weighted by atomic mass is 79.9. The Morgan fingerprint density at radius 3 is 2.53 bits per heavy atom. The molecule has 1 aromatic carbocycles. The Kier molecular flexibility index (Phi) is 4.95. The smallest absolute Gasteiger partial charge is 0.416 e. The SMILES string of the molecule is CCOC(=O)c1cc(C#N)c(CBr)c(C(F)(F)F)c1. The number of esters is 1. The summed E-state index contributed by atoms with van der Waals surface area (Å²) >= 11 is 2.92. The molecular formula is C12H9BrF3NO2. The lowest BCUT2D eigenvalue weighted by atomic mass is 9.99. The molecule has 1 rings (SSSR count). The Morgan fingerprint density at radius 1 is 1.47 bits per heavy atom. The summed E-state index contributed by atoms with van der Waals surface area (Å²) in [6.07, 6.45) is -4.64. The van der Waals surface area contributed by atoms with E-state index in [2.05, 4.69) is 20.7 Å². The van der Waals surface area contributed by atoms with Crippen molar-refractivity contribution in [1.82, 2.24) is 0 Å². The van der Waals surface area contributed by atoms with E-state index in [0.717, 1.165) is 6.07 Å². The zero-order valence-corrected chi connectivity index (χ0v) is 11.4. The maximum atomic E-state index is 12.9. The summed E-state index contributed by atoms with van der Waals surface area (Å²) in [7, 11) is 0. The summed E-state index contributed by atoms with van der Waals surface area (Å²) in [5.74, 6) is -0.884. The molecule has 0 heterocycles. The summed E-state index contributed by atoms with van der Waals surface area (Å²) in [5, 5.41) is 8.75. The summed E-state index contributed by atoms with van der Waals surface area (Å²) < 4.78 is 43.3. The quantitative estimate of drug-likeness (QED) is 0.625. The van der Waals surface area contributed by atoms with Gasteiger partial charge in [-0.05, 0) is 24.6 Å². The lowest BCUT2D eigenvalue weighted by molar-refractivity contribution is -0.138. The molecule has 0 fully saturated rings. The first-order valence-corrected chi connectivity index (χ1v) is 6.34. The highest BCUT2D eigenvalue weighted by Crippen LogP contribution is 2.35. The van der Waals surface area contributed by atoms with Gasteiger partial charge in [-0.3, -0.25) is 0 Å². The van der Waals surface area contributed by atoms with Crippen LogP contribution in [0, 0.1) is 11.3 Å². The van der Waals surface area contributed by atoms with E-state index in [0.29, 0.717) is 6.07 Å². The Labute approximate surface area is 116 Å². The number of hydrogen-bond donors (Lipinski definition) is 0. The van der Waals surface area contributed by atoms with Crippen LogP contribution in [0.1, 0.15) is 34.0 Å². The molecule has 19 heavy (non-hydrogen) atoms. The molecule has 0 amide bonds. The molecule has 1 aromatic rings. The predicted octanol–water partition coefficient (Wildman–Crippen LogP) is 3.65. The molecule has 0 aliphatic heterocycles. The van der Waals surface area contributed by atoms with Gasteiger partial charge in [0.2, 0.25) is 0 Å². The zero-order chi connectivity index (χ0) is 14.6. The number of nitrogens with zero attached hydrogens (tertiary/aromatic N) is 1. The summed E-state index contributed by atoms with van der Waals surface area (Å²) in [5.41, 5.74) is -1.68. The van der Waals surface area contributed by atoms with E-state index in [-0.39, 0.29) is 28.6 Å². The van der Waals surface area contributed by atoms with Crippen molar-refractivity contribution in [3.05, 3.63) is 34.4 Å². The summed E-state index contributed by atoms with van der Waals surface area (Å²) in [6.45, 7) is 1.59. The fourth-order valence-corrected chi connectivity index (χ4v) is 2.11. The molecule has 0 aliphatic carbocycles. The number of alkyl halides is 4. The minimum Gasteiger partial charge on any atom is -0.462 e. The van der Waals surface area contributed by atoms with E-state index in [4.69, 9.17) is 5.26 Å². The molecule has 0 saturated heterocycles. The third-order valence-electron chi connectivity index (χ3n) is 2.32. The van der Waals surface area contributed by atoms with Crippen molar-refractivity contribution in [2.75, 3.05) is 6.61 Å². The number of carbonyl (C=O) groups excluding carboxylic acids is 1. The molecular weight excluding hydrogens is 327 g/mol. The normalized spacial score (nSPS) is 10.9. The van der Waals surface area contributed by atoms with Gasteiger partial charge in [0.15, 0.2) is 0 Å². The second-order valence-corrected chi connectivity index (χ2v) is 4.07. The first kappa shape index (κ1) is 15.5. The molecule has 0 aliphatic rings. The maximum absolute atomic E-state index is 12.9. The van der Waals surface area contributed by atoms with Crippen LogP contribution in [0.15, 0.2) is 12.1 Å². The van der Waals surface area contributed by atoms with Gasteiger partial charge in [0.1, 0.15) is 0 Å². The molecule has 102 valence electrons. The van der Waals surface area contributed by atoms with E-state index in [1.54, 1.807) is 13.0 Å². The molecule has 0 unspecified atom stereocenters. The summed E-state index contributed by atoms with van der Waals surface area (Å²) in [4.78, 5) is 11.5. The molecule has 7 heteroatoms. The molecule has 0 saturated carbocycles. The Balaban J connectivity index is 3.48. The average molecular weight is 336 g/mol. The van der Waals surface area contributed by atoms with Crippen molar-refractivity contribution < 1.29 is 22.7 Å². The van der Waals surface area contributed by atoms with Gasteiger partial charge >= 0.3 is 12.1 Å². The van der Waals surface area contributed by atoms with Gasteiger partial charge < -0.3 is 4.74 Å². The van der Waals surface area contributed by atoms with E-state index in [1.165, 1.54) is 0 Å². The first-order chi connectivity index (χ1) is 8.85. The third kappa shape index (κ3) is 3.47. The number of rotatable bonds is 3. The number of carbonyl (C=O) groups is 1. The second kappa shape index (κ2) is 6.06. The summed E-state index contributed by atoms with van der Waals surface area (Å²) in [6, 6.07) is 3.46. The van der Waals surface area contributed by atoms with E-state index >= 15 is 0 Å². The van der Waals surface area contributed by atoms with Crippen LogP contribution < -0.4 is 0 Å². The molecule has 3 nitrogen and oxygen atoms in total.